The second kappa shape index (κ2) is 10.1. The Kier molecular flexibility index (Phi) is 9.15. The van der Waals surface area contributed by atoms with Crippen molar-refractivity contribution in [3.63, 3.8) is 0 Å². The Hall–Kier alpha value is -1.79. The predicted molar refractivity (Wildman–Crippen MR) is 73.6 cm³/mol. The van der Waals surface area contributed by atoms with Crippen LogP contribution in [-0.2, 0) is 9.59 Å². The average molecular weight is 288 g/mol. The lowest BCUT2D eigenvalue weighted by Gasteiger charge is -2.20. The van der Waals surface area contributed by atoms with E-state index in [1.54, 1.807) is 0 Å². The van der Waals surface area contributed by atoms with Crippen molar-refractivity contribution in [1.82, 2.24) is 10.6 Å². The Bertz CT molecular complexity index is 333. The fourth-order valence-electron chi connectivity index (χ4n) is 1.76. The second-order valence-electron chi connectivity index (χ2n) is 4.69. The summed E-state index contributed by atoms with van der Waals surface area (Å²) in [6.07, 6.45) is 2.42. The zero-order valence-electron chi connectivity index (χ0n) is 12.0. The van der Waals surface area contributed by atoms with Gasteiger partial charge in [-0.25, -0.2) is 9.59 Å². The van der Waals surface area contributed by atoms with Gasteiger partial charge in [0.15, 0.2) is 0 Å². The highest BCUT2D eigenvalue weighted by molar-refractivity contribution is 5.88. The van der Waals surface area contributed by atoms with E-state index in [0.29, 0.717) is 25.7 Å². The minimum atomic E-state index is -1.29. The summed E-state index contributed by atoms with van der Waals surface area (Å²) in [5.41, 5.74) is 0. The number of nitrogens with one attached hydrogen (secondary N) is 2. The Morgan fingerprint density at radius 2 is 1.40 bits per heavy atom. The largest absolute Gasteiger partial charge is 0.480 e. The molecule has 116 valence electrons. The van der Waals surface area contributed by atoms with Gasteiger partial charge in [0, 0.05) is 0 Å². The lowest BCUT2D eigenvalue weighted by molar-refractivity contribution is -0.142. The van der Waals surface area contributed by atoms with Gasteiger partial charge in [-0.15, -0.1) is 0 Å². The van der Waals surface area contributed by atoms with Crippen molar-refractivity contribution >= 4 is 18.0 Å². The molecule has 0 aliphatic rings. The van der Waals surface area contributed by atoms with Gasteiger partial charge in [0.25, 0.3) is 0 Å². The number of aliphatic carboxylic acids is 1. The normalized spacial score (nSPS) is 13.3. The summed E-state index contributed by atoms with van der Waals surface area (Å²) < 4.78 is 0. The first-order chi connectivity index (χ1) is 9.42. The molecule has 0 heterocycles. The quantitative estimate of drug-likeness (QED) is 0.487. The predicted octanol–water partition coefficient (Wildman–Crippen LogP) is 1.57. The molecule has 0 aliphatic carbocycles. The van der Waals surface area contributed by atoms with Crippen LogP contribution in [0.5, 0.6) is 0 Å². The van der Waals surface area contributed by atoms with Gasteiger partial charge in [-0.3, -0.25) is 4.79 Å². The molecule has 0 bridgehead atoms. The van der Waals surface area contributed by atoms with E-state index in [-0.39, 0.29) is 0 Å². The van der Waals surface area contributed by atoms with E-state index in [1.165, 1.54) is 0 Å². The standard InChI is InChI=1S/C13H24N2O5/c1-3-5-7-9(15-13(19)20)11(16)14-10(12(17)18)8-6-4-2/h9-10,15H,3-8H2,1-2H3,(H,14,16)(H,17,18)(H,19,20). The van der Waals surface area contributed by atoms with E-state index in [9.17, 15) is 14.4 Å². The third-order valence-electron chi connectivity index (χ3n) is 2.92. The van der Waals surface area contributed by atoms with Crippen LogP contribution in [0.4, 0.5) is 4.79 Å². The molecule has 2 atom stereocenters. The number of amides is 2. The van der Waals surface area contributed by atoms with Crippen LogP contribution < -0.4 is 10.6 Å². The Balaban J connectivity index is 4.59. The fraction of sp³-hybridized carbons (Fsp3) is 0.769. The van der Waals surface area contributed by atoms with E-state index in [0.717, 1.165) is 12.8 Å². The molecule has 7 heteroatoms. The summed E-state index contributed by atoms with van der Waals surface area (Å²) in [5, 5.41) is 22.3. The maximum absolute atomic E-state index is 12.0. The Morgan fingerprint density at radius 3 is 1.80 bits per heavy atom. The molecule has 2 unspecified atom stereocenters. The maximum Gasteiger partial charge on any atom is 0.405 e. The molecule has 20 heavy (non-hydrogen) atoms. The molecule has 0 aromatic carbocycles. The smallest absolute Gasteiger partial charge is 0.405 e. The molecular formula is C13H24N2O5. The highest BCUT2D eigenvalue weighted by Gasteiger charge is 2.25. The Labute approximate surface area is 118 Å². The molecule has 7 nitrogen and oxygen atoms in total. The minimum absolute atomic E-state index is 0.338. The van der Waals surface area contributed by atoms with Gasteiger partial charge in [0.1, 0.15) is 12.1 Å². The molecule has 0 aliphatic heterocycles. The van der Waals surface area contributed by atoms with Gasteiger partial charge in [0.05, 0.1) is 0 Å². The molecule has 2 amide bonds. The number of rotatable bonds is 10. The van der Waals surface area contributed by atoms with Gasteiger partial charge in [-0.1, -0.05) is 39.5 Å². The van der Waals surface area contributed by atoms with Gasteiger partial charge < -0.3 is 20.8 Å². The van der Waals surface area contributed by atoms with Crippen molar-refractivity contribution in [2.24, 2.45) is 0 Å². The lowest BCUT2D eigenvalue weighted by Crippen LogP contribution is -2.51. The first-order valence-corrected chi connectivity index (χ1v) is 6.94. The molecule has 0 fully saturated rings. The average Bonchev–Trinajstić information content (AvgIpc) is 2.38. The summed E-state index contributed by atoms with van der Waals surface area (Å²) >= 11 is 0. The van der Waals surface area contributed by atoms with E-state index >= 15 is 0 Å². The van der Waals surface area contributed by atoms with E-state index in [2.05, 4.69) is 10.6 Å². The molecule has 0 radical (unpaired) electrons. The molecule has 0 aromatic rings. The number of carbonyl (C=O) groups excluding carboxylic acids is 1. The molecular weight excluding hydrogens is 264 g/mol. The Morgan fingerprint density at radius 1 is 0.900 bits per heavy atom. The van der Waals surface area contributed by atoms with Crippen molar-refractivity contribution < 1.29 is 24.6 Å². The van der Waals surface area contributed by atoms with Crippen LogP contribution in [0.25, 0.3) is 0 Å². The topological polar surface area (TPSA) is 116 Å². The number of unbranched alkanes of at least 4 members (excludes halogenated alkanes) is 2. The molecule has 0 aromatic heterocycles. The van der Waals surface area contributed by atoms with Crippen molar-refractivity contribution in [3.05, 3.63) is 0 Å². The van der Waals surface area contributed by atoms with Crippen molar-refractivity contribution in [2.45, 2.75) is 64.5 Å². The highest BCUT2D eigenvalue weighted by atomic mass is 16.4. The number of carboxylic acids is 1. The van der Waals surface area contributed by atoms with Crippen LogP contribution in [0, 0.1) is 0 Å². The van der Waals surface area contributed by atoms with Gasteiger partial charge in [-0.05, 0) is 12.8 Å². The maximum atomic E-state index is 12.0. The van der Waals surface area contributed by atoms with Crippen LogP contribution in [-0.4, -0.2) is 40.3 Å². The van der Waals surface area contributed by atoms with Crippen LogP contribution in [0.2, 0.25) is 0 Å². The zero-order valence-corrected chi connectivity index (χ0v) is 12.0. The molecule has 0 spiro atoms. The number of carbonyl (C=O) groups is 3. The first-order valence-electron chi connectivity index (χ1n) is 6.94. The summed E-state index contributed by atoms with van der Waals surface area (Å²) in [4.78, 5) is 33.7. The van der Waals surface area contributed by atoms with Crippen LogP contribution >= 0.6 is 0 Å². The molecule has 0 saturated heterocycles. The second-order valence-corrected chi connectivity index (χ2v) is 4.69. The van der Waals surface area contributed by atoms with Crippen LogP contribution in [0.1, 0.15) is 52.4 Å². The summed E-state index contributed by atoms with van der Waals surface area (Å²) in [5.74, 6) is -1.68. The number of hydrogen-bond acceptors (Lipinski definition) is 3. The lowest BCUT2D eigenvalue weighted by atomic mass is 10.1. The molecule has 0 rings (SSSR count). The van der Waals surface area contributed by atoms with Gasteiger partial charge in [-0.2, -0.15) is 0 Å². The van der Waals surface area contributed by atoms with Crippen molar-refractivity contribution in [1.29, 1.82) is 0 Å². The van der Waals surface area contributed by atoms with E-state index < -0.39 is 30.1 Å². The van der Waals surface area contributed by atoms with Crippen LogP contribution in [0.15, 0.2) is 0 Å². The van der Waals surface area contributed by atoms with Crippen molar-refractivity contribution in [3.8, 4) is 0 Å². The first kappa shape index (κ1) is 18.2. The SMILES string of the molecule is CCCCC(NC(=O)C(CCCC)NC(=O)O)C(=O)O. The van der Waals surface area contributed by atoms with E-state index in [1.807, 2.05) is 13.8 Å². The summed E-state index contributed by atoms with van der Waals surface area (Å²) in [6, 6.07) is -1.88. The highest BCUT2D eigenvalue weighted by Crippen LogP contribution is 2.05. The van der Waals surface area contributed by atoms with Gasteiger partial charge >= 0.3 is 12.1 Å². The number of hydrogen-bond donors (Lipinski definition) is 4. The van der Waals surface area contributed by atoms with Crippen LogP contribution in [0.3, 0.4) is 0 Å². The molecule has 4 N–H and O–H groups in total. The van der Waals surface area contributed by atoms with Crippen molar-refractivity contribution in [2.75, 3.05) is 0 Å². The monoisotopic (exact) mass is 288 g/mol. The van der Waals surface area contributed by atoms with E-state index in [4.69, 9.17) is 10.2 Å². The number of carboxylic acid groups (broad SMARTS) is 2. The third-order valence-corrected chi connectivity index (χ3v) is 2.92. The minimum Gasteiger partial charge on any atom is -0.480 e. The summed E-state index contributed by atoms with van der Waals surface area (Å²) in [7, 11) is 0. The zero-order chi connectivity index (χ0) is 15.5. The molecule has 0 saturated carbocycles. The summed E-state index contributed by atoms with van der Waals surface area (Å²) in [6.45, 7) is 3.85. The van der Waals surface area contributed by atoms with Gasteiger partial charge in [0.2, 0.25) is 5.91 Å². The fourth-order valence-corrected chi connectivity index (χ4v) is 1.76. The third kappa shape index (κ3) is 7.60.